The first-order chi connectivity index (χ1) is 12.8. The van der Waals surface area contributed by atoms with Gasteiger partial charge in [-0.25, -0.2) is 0 Å². The Morgan fingerprint density at radius 1 is 1.33 bits per heavy atom. The molecular formula is C18H12BrCl2NO3S2. The highest BCUT2D eigenvalue weighted by Crippen LogP contribution is 2.41. The first-order valence-electron chi connectivity index (χ1n) is 7.70. The molecule has 3 rings (SSSR count). The van der Waals surface area contributed by atoms with Crippen molar-refractivity contribution in [3.63, 3.8) is 0 Å². The summed E-state index contributed by atoms with van der Waals surface area (Å²) >= 11 is 22.0. The van der Waals surface area contributed by atoms with Crippen molar-refractivity contribution in [3.8, 4) is 11.5 Å². The van der Waals surface area contributed by atoms with E-state index >= 15 is 0 Å². The van der Waals surface area contributed by atoms with Crippen molar-refractivity contribution in [2.75, 3.05) is 11.5 Å². The van der Waals surface area contributed by atoms with Gasteiger partial charge in [-0.05, 0) is 64.8 Å². The summed E-state index contributed by atoms with van der Waals surface area (Å²) in [6, 6.07) is 8.22. The molecule has 0 spiro atoms. The first kappa shape index (κ1) is 20.5. The highest BCUT2D eigenvalue weighted by molar-refractivity contribution is 9.10. The molecule has 0 unspecified atom stereocenters. The maximum absolute atomic E-state index is 12.9. The Morgan fingerprint density at radius 2 is 2.07 bits per heavy atom. The smallest absolute Gasteiger partial charge is 0.270 e. The number of anilines is 1. The predicted molar refractivity (Wildman–Crippen MR) is 119 cm³/mol. The van der Waals surface area contributed by atoms with Gasteiger partial charge in [0.15, 0.2) is 15.8 Å². The molecule has 9 heteroatoms. The molecule has 0 aliphatic carbocycles. The number of ether oxygens (including phenoxy) is 1. The predicted octanol–water partition coefficient (Wildman–Crippen LogP) is 6.27. The zero-order valence-corrected chi connectivity index (χ0v) is 18.6. The van der Waals surface area contributed by atoms with E-state index in [0.29, 0.717) is 47.4 Å². The monoisotopic (exact) mass is 503 g/mol. The van der Waals surface area contributed by atoms with Gasteiger partial charge in [0.1, 0.15) is 0 Å². The van der Waals surface area contributed by atoms with Crippen LogP contribution < -0.4 is 9.64 Å². The van der Waals surface area contributed by atoms with E-state index < -0.39 is 0 Å². The molecule has 1 N–H and O–H groups in total. The number of thiocarbonyl (C=S) groups is 1. The fourth-order valence-electron chi connectivity index (χ4n) is 2.43. The summed E-state index contributed by atoms with van der Waals surface area (Å²) in [4.78, 5) is 14.7. The number of rotatable bonds is 4. The minimum absolute atomic E-state index is 0.00879. The summed E-state index contributed by atoms with van der Waals surface area (Å²) in [5, 5.41) is 10.8. The summed E-state index contributed by atoms with van der Waals surface area (Å²) in [5.74, 6) is 0.0558. The minimum atomic E-state index is -0.281. The summed E-state index contributed by atoms with van der Waals surface area (Å²) in [5.41, 5.74) is 1.17. The molecule has 0 atom stereocenters. The summed E-state index contributed by atoms with van der Waals surface area (Å²) in [6.07, 6.45) is 1.69. The van der Waals surface area contributed by atoms with Crippen LogP contribution in [0, 0.1) is 0 Å². The van der Waals surface area contributed by atoms with E-state index in [0.717, 1.165) is 0 Å². The van der Waals surface area contributed by atoms with Crippen LogP contribution in [0.3, 0.4) is 0 Å². The van der Waals surface area contributed by atoms with Gasteiger partial charge < -0.3 is 9.84 Å². The Balaban J connectivity index is 1.97. The summed E-state index contributed by atoms with van der Waals surface area (Å²) < 4.78 is 6.26. The molecular weight excluding hydrogens is 493 g/mol. The Labute approximate surface area is 184 Å². The number of hydrogen-bond acceptors (Lipinski definition) is 5. The number of carbonyl (C=O) groups is 1. The second-order valence-corrected chi connectivity index (χ2v) is 8.77. The van der Waals surface area contributed by atoms with E-state index in [1.807, 2.05) is 6.92 Å². The lowest BCUT2D eigenvalue weighted by atomic mass is 10.2. The maximum Gasteiger partial charge on any atom is 0.270 e. The van der Waals surface area contributed by atoms with Crippen LogP contribution >= 0.6 is 63.1 Å². The SMILES string of the molecule is CCOc1cc(/C=C2\SC(=S)N(c3ccc(Cl)cc3Cl)C2=O)cc(Br)c1O. The molecule has 1 heterocycles. The van der Waals surface area contributed by atoms with E-state index in [9.17, 15) is 9.90 Å². The number of carbonyl (C=O) groups excluding carboxylic acids is 1. The largest absolute Gasteiger partial charge is 0.503 e. The van der Waals surface area contributed by atoms with Crippen molar-refractivity contribution in [2.24, 2.45) is 0 Å². The van der Waals surface area contributed by atoms with Crippen molar-refractivity contribution in [1.82, 2.24) is 0 Å². The second kappa shape index (κ2) is 8.41. The molecule has 1 aliphatic heterocycles. The standard InChI is InChI=1S/C18H12BrCl2NO3S2/c1-2-25-14-6-9(5-11(19)16(14)23)7-15-17(24)22(18(26)27-15)13-4-3-10(20)8-12(13)21/h3-8,23H,2H2,1H3/b15-7-. The third kappa shape index (κ3) is 4.27. The van der Waals surface area contributed by atoms with E-state index in [4.69, 9.17) is 40.2 Å². The normalized spacial score (nSPS) is 15.7. The highest BCUT2D eigenvalue weighted by atomic mass is 79.9. The Bertz CT molecular complexity index is 981. The molecule has 2 aromatic carbocycles. The van der Waals surface area contributed by atoms with Gasteiger partial charge in [0.2, 0.25) is 0 Å². The van der Waals surface area contributed by atoms with Crippen molar-refractivity contribution in [1.29, 1.82) is 0 Å². The third-order valence-electron chi connectivity index (χ3n) is 3.59. The van der Waals surface area contributed by atoms with Crippen molar-refractivity contribution in [2.45, 2.75) is 6.92 Å². The van der Waals surface area contributed by atoms with Crippen LogP contribution in [0.4, 0.5) is 5.69 Å². The summed E-state index contributed by atoms with van der Waals surface area (Å²) in [6.45, 7) is 2.22. The van der Waals surface area contributed by atoms with Gasteiger partial charge in [-0.1, -0.05) is 47.2 Å². The molecule has 140 valence electrons. The van der Waals surface area contributed by atoms with E-state index in [2.05, 4.69) is 15.9 Å². The average Bonchev–Trinajstić information content (AvgIpc) is 2.87. The van der Waals surface area contributed by atoms with Gasteiger partial charge in [0, 0.05) is 5.02 Å². The fraction of sp³-hybridized carbons (Fsp3) is 0.111. The van der Waals surface area contributed by atoms with Crippen molar-refractivity contribution >= 4 is 85.1 Å². The molecule has 0 aromatic heterocycles. The Kier molecular flexibility index (Phi) is 6.38. The highest BCUT2D eigenvalue weighted by Gasteiger charge is 2.34. The summed E-state index contributed by atoms with van der Waals surface area (Å²) in [7, 11) is 0. The van der Waals surface area contributed by atoms with Crippen molar-refractivity contribution < 1.29 is 14.6 Å². The van der Waals surface area contributed by atoms with Crippen LogP contribution in [-0.2, 0) is 4.79 Å². The minimum Gasteiger partial charge on any atom is -0.503 e. The van der Waals surface area contributed by atoms with Crippen LogP contribution in [0.1, 0.15) is 12.5 Å². The van der Waals surface area contributed by atoms with E-state index in [1.54, 1.807) is 36.4 Å². The number of amides is 1. The quantitative estimate of drug-likeness (QED) is 0.393. The lowest BCUT2D eigenvalue weighted by molar-refractivity contribution is -0.113. The number of hydrogen-bond donors (Lipinski definition) is 1. The fourth-order valence-corrected chi connectivity index (χ4v) is 4.67. The Hall–Kier alpha value is -1.25. The van der Waals surface area contributed by atoms with E-state index in [-0.39, 0.29) is 11.7 Å². The van der Waals surface area contributed by atoms with Crippen LogP contribution in [-0.4, -0.2) is 21.9 Å². The van der Waals surface area contributed by atoms with Crippen LogP contribution in [0.15, 0.2) is 39.7 Å². The van der Waals surface area contributed by atoms with Gasteiger partial charge in [0.05, 0.1) is 26.7 Å². The first-order valence-corrected chi connectivity index (χ1v) is 10.5. The number of phenolic OH excluding ortho intramolecular Hbond substituents is 1. The number of halogens is 3. The van der Waals surface area contributed by atoms with Gasteiger partial charge >= 0.3 is 0 Å². The van der Waals surface area contributed by atoms with Crippen LogP contribution in [0.5, 0.6) is 11.5 Å². The topological polar surface area (TPSA) is 49.8 Å². The number of phenols is 1. The molecule has 4 nitrogen and oxygen atoms in total. The van der Waals surface area contributed by atoms with Gasteiger partial charge in [-0.3, -0.25) is 9.69 Å². The zero-order chi connectivity index (χ0) is 19.7. The number of benzene rings is 2. The lowest BCUT2D eigenvalue weighted by Gasteiger charge is -2.16. The second-order valence-electron chi connectivity index (χ2n) is 5.40. The van der Waals surface area contributed by atoms with Crippen molar-refractivity contribution in [3.05, 3.63) is 55.3 Å². The molecule has 1 fully saturated rings. The average molecular weight is 505 g/mol. The molecule has 1 saturated heterocycles. The van der Waals surface area contributed by atoms with Crippen LogP contribution in [0.2, 0.25) is 10.0 Å². The molecule has 1 amide bonds. The third-order valence-corrected chi connectivity index (χ3v) is 6.04. The van der Waals surface area contributed by atoms with Crippen LogP contribution in [0.25, 0.3) is 6.08 Å². The van der Waals surface area contributed by atoms with Gasteiger partial charge in [-0.15, -0.1) is 0 Å². The number of thioether (sulfide) groups is 1. The molecule has 27 heavy (non-hydrogen) atoms. The molecule has 2 aromatic rings. The number of aromatic hydroxyl groups is 1. The maximum atomic E-state index is 12.9. The van der Waals surface area contributed by atoms with Gasteiger partial charge in [-0.2, -0.15) is 0 Å². The zero-order valence-electron chi connectivity index (χ0n) is 13.8. The van der Waals surface area contributed by atoms with Gasteiger partial charge in [0.25, 0.3) is 5.91 Å². The molecule has 1 aliphatic rings. The molecule has 0 saturated carbocycles. The Morgan fingerprint density at radius 3 is 2.74 bits per heavy atom. The molecule has 0 bridgehead atoms. The number of nitrogens with zero attached hydrogens (tertiary/aromatic N) is 1. The van der Waals surface area contributed by atoms with E-state index in [1.165, 1.54) is 16.7 Å². The molecule has 0 radical (unpaired) electrons. The lowest BCUT2D eigenvalue weighted by Crippen LogP contribution is -2.27.